The van der Waals surface area contributed by atoms with E-state index in [4.69, 9.17) is 9.47 Å². The van der Waals surface area contributed by atoms with E-state index in [1.807, 2.05) is 6.08 Å². The summed E-state index contributed by atoms with van der Waals surface area (Å²) in [4.78, 5) is 13.0. The van der Waals surface area contributed by atoms with Crippen molar-refractivity contribution in [2.45, 2.75) is 236 Å². The van der Waals surface area contributed by atoms with Gasteiger partial charge in [-0.3, -0.25) is 4.79 Å². The fraction of sp³-hybridized carbons (Fsp3) is 0.886. The molecule has 0 aromatic carbocycles. The second-order valence-corrected chi connectivity index (χ2v) is 15.8. The minimum atomic E-state index is -1.67. The van der Waals surface area contributed by atoms with Crippen molar-refractivity contribution in [3.8, 4) is 0 Å². The van der Waals surface area contributed by atoms with Crippen molar-refractivity contribution < 1.29 is 50.0 Å². The normalized spacial score (nSPS) is 22.7. The first kappa shape index (κ1) is 51.6. The zero-order chi connectivity index (χ0) is 40.5. The molecule has 1 saturated heterocycles. The van der Waals surface area contributed by atoms with E-state index in [9.17, 15) is 40.5 Å². The van der Waals surface area contributed by atoms with Gasteiger partial charge in [-0.15, -0.1) is 0 Å². The average molecular weight is 786 g/mol. The zero-order valence-corrected chi connectivity index (χ0v) is 34.7. The lowest BCUT2D eigenvalue weighted by Crippen LogP contribution is -2.60. The summed E-state index contributed by atoms with van der Waals surface area (Å²) in [6.45, 7) is 3.38. The highest BCUT2D eigenvalue weighted by molar-refractivity contribution is 5.81. The quantitative estimate of drug-likeness (QED) is 0.0252. The molecule has 0 aromatic rings. The molecule has 0 aromatic heterocycles. The lowest BCUT2D eigenvalue weighted by Gasteiger charge is -2.40. The number of hydrogen-bond donors (Lipinski definition) is 8. The van der Waals surface area contributed by atoms with Gasteiger partial charge in [0.25, 0.3) is 0 Å². The standard InChI is InChI=1S/C44H83NO10/c1-3-5-7-9-11-13-15-17-18-19-20-22-23-25-27-29-31-36(47)39(49)35(34-54-44-42(52)41(51)40(50)38(33-46)55-44)45-43(53)37(48)32-30-28-26-24-21-16-14-12-10-8-6-4-2/h21,24,28,30,35-42,44,46-52H,3-20,22-23,25-27,29,31-34H2,1-2H3,(H,45,53)/b24-21-,30-28-. The summed E-state index contributed by atoms with van der Waals surface area (Å²) in [7, 11) is 0. The van der Waals surface area contributed by atoms with Crippen molar-refractivity contribution in [3.63, 3.8) is 0 Å². The molecule has 324 valence electrons. The molecule has 1 aliphatic rings. The summed E-state index contributed by atoms with van der Waals surface area (Å²) in [6, 6.07) is -1.19. The molecule has 11 nitrogen and oxygen atoms in total. The van der Waals surface area contributed by atoms with E-state index in [0.717, 1.165) is 25.7 Å². The molecule has 0 saturated carbocycles. The van der Waals surface area contributed by atoms with Crippen molar-refractivity contribution in [1.82, 2.24) is 5.32 Å². The Balaban J connectivity index is 2.52. The predicted molar refractivity (Wildman–Crippen MR) is 219 cm³/mol. The number of carbonyl (C=O) groups excluding carboxylic acids is 1. The minimum absolute atomic E-state index is 0.0508. The molecule has 0 bridgehead atoms. The highest BCUT2D eigenvalue weighted by Gasteiger charge is 2.44. The first-order valence-corrected chi connectivity index (χ1v) is 22.2. The van der Waals surface area contributed by atoms with E-state index in [0.29, 0.717) is 19.3 Å². The molecule has 0 spiro atoms. The van der Waals surface area contributed by atoms with Crippen LogP contribution in [0.25, 0.3) is 0 Å². The Hall–Kier alpha value is -1.41. The molecular formula is C44H83NO10. The van der Waals surface area contributed by atoms with Crippen LogP contribution in [0.2, 0.25) is 0 Å². The van der Waals surface area contributed by atoms with Crippen molar-refractivity contribution in [2.24, 2.45) is 0 Å². The predicted octanol–water partition coefficient (Wildman–Crippen LogP) is 6.67. The van der Waals surface area contributed by atoms with Gasteiger partial charge in [0.15, 0.2) is 6.29 Å². The van der Waals surface area contributed by atoms with E-state index >= 15 is 0 Å². The number of rotatable bonds is 36. The molecule has 1 aliphatic heterocycles. The topological polar surface area (TPSA) is 189 Å². The van der Waals surface area contributed by atoms with Crippen LogP contribution in [0.1, 0.15) is 181 Å². The Morgan fingerprint density at radius 2 is 1.15 bits per heavy atom. The number of nitrogens with one attached hydrogen (secondary N) is 1. The number of amides is 1. The van der Waals surface area contributed by atoms with Gasteiger partial charge in [0, 0.05) is 6.42 Å². The van der Waals surface area contributed by atoms with Crippen molar-refractivity contribution in [2.75, 3.05) is 13.2 Å². The maximum absolute atomic E-state index is 13.0. The second kappa shape index (κ2) is 34.6. The maximum Gasteiger partial charge on any atom is 0.249 e. The van der Waals surface area contributed by atoms with Gasteiger partial charge >= 0.3 is 0 Å². The van der Waals surface area contributed by atoms with E-state index in [2.05, 4.69) is 31.3 Å². The van der Waals surface area contributed by atoms with Crippen LogP contribution in [0, 0.1) is 0 Å². The van der Waals surface area contributed by atoms with Crippen LogP contribution < -0.4 is 5.32 Å². The summed E-state index contributed by atoms with van der Waals surface area (Å²) < 4.78 is 11.0. The molecule has 8 N–H and O–H groups in total. The molecular weight excluding hydrogens is 702 g/mol. The number of aliphatic hydroxyl groups is 7. The monoisotopic (exact) mass is 786 g/mol. The smallest absolute Gasteiger partial charge is 0.249 e. The highest BCUT2D eigenvalue weighted by Crippen LogP contribution is 2.23. The molecule has 0 radical (unpaired) electrons. The van der Waals surface area contributed by atoms with Crippen LogP contribution in [0.15, 0.2) is 24.3 Å². The lowest BCUT2D eigenvalue weighted by atomic mass is 9.98. The van der Waals surface area contributed by atoms with Crippen LogP contribution in [-0.4, -0.2) is 110 Å². The fourth-order valence-corrected chi connectivity index (χ4v) is 7.01. The highest BCUT2D eigenvalue weighted by atomic mass is 16.7. The van der Waals surface area contributed by atoms with E-state index < -0.39 is 74.2 Å². The second-order valence-electron chi connectivity index (χ2n) is 15.8. The Labute approximate surface area is 334 Å². The summed E-state index contributed by atoms with van der Waals surface area (Å²) in [6.07, 6.45) is 25.3. The summed E-state index contributed by atoms with van der Waals surface area (Å²) in [5.74, 6) is -0.765. The molecule has 55 heavy (non-hydrogen) atoms. The number of allylic oxidation sites excluding steroid dienone is 3. The Morgan fingerprint density at radius 3 is 1.67 bits per heavy atom. The third kappa shape index (κ3) is 24.9. The maximum atomic E-state index is 13.0. The van der Waals surface area contributed by atoms with Gasteiger partial charge in [-0.2, -0.15) is 0 Å². The van der Waals surface area contributed by atoms with Gasteiger partial charge in [-0.1, -0.05) is 173 Å². The SMILES string of the molecule is CCCCCCCC/C=C\C/C=C\CC(O)C(=O)NC(COC1OC(CO)C(O)C(O)C1O)C(O)C(O)CCCCCCCCCCCCCCCCCC. The third-order valence-electron chi connectivity index (χ3n) is 10.8. The number of aliphatic hydroxyl groups excluding tert-OH is 7. The van der Waals surface area contributed by atoms with E-state index in [1.54, 1.807) is 6.08 Å². The summed E-state index contributed by atoms with van der Waals surface area (Å²) >= 11 is 0. The third-order valence-corrected chi connectivity index (χ3v) is 10.8. The van der Waals surface area contributed by atoms with Crippen molar-refractivity contribution in [3.05, 3.63) is 24.3 Å². The van der Waals surface area contributed by atoms with Crippen molar-refractivity contribution in [1.29, 1.82) is 0 Å². The first-order chi connectivity index (χ1) is 26.7. The van der Waals surface area contributed by atoms with Crippen LogP contribution in [0.4, 0.5) is 0 Å². The van der Waals surface area contributed by atoms with Gasteiger partial charge in [0.1, 0.15) is 36.6 Å². The van der Waals surface area contributed by atoms with Crippen LogP contribution in [-0.2, 0) is 14.3 Å². The first-order valence-electron chi connectivity index (χ1n) is 22.2. The average Bonchev–Trinajstić information content (AvgIpc) is 3.18. The van der Waals surface area contributed by atoms with Gasteiger partial charge in [0.05, 0.1) is 25.4 Å². The van der Waals surface area contributed by atoms with E-state index in [-0.39, 0.29) is 6.42 Å². The molecule has 1 amide bonds. The Morgan fingerprint density at radius 1 is 0.655 bits per heavy atom. The number of hydrogen-bond acceptors (Lipinski definition) is 10. The van der Waals surface area contributed by atoms with Gasteiger partial charge in [0.2, 0.25) is 5.91 Å². The molecule has 1 rings (SSSR count). The number of ether oxygens (including phenoxy) is 2. The van der Waals surface area contributed by atoms with Crippen LogP contribution in [0.3, 0.4) is 0 Å². The molecule has 9 atom stereocenters. The largest absolute Gasteiger partial charge is 0.394 e. The molecule has 1 fully saturated rings. The van der Waals surface area contributed by atoms with Gasteiger partial charge in [-0.05, 0) is 25.7 Å². The van der Waals surface area contributed by atoms with Crippen LogP contribution in [0.5, 0.6) is 0 Å². The molecule has 9 unspecified atom stereocenters. The Bertz CT molecular complexity index is 950. The zero-order valence-electron chi connectivity index (χ0n) is 34.7. The van der Waals surface area contributed by atoms with Crippen LogP contribution >= 0.6 is 0 Å². The molecule has 11 heteroatoms. The number of carbonyl (C=O) groups is 1. The Kier molecular flexibility index (Phi) is 32.5. The number of unbranched alkanes of at least 4 members (excludes halogenated alkanes) is 21. The molecule has 1 heterocycles. The van der Waals surface area contributed by atoms with Crippen molar-refractivity contribution >= 4 is 5.91 Å². The summed E-state index contributed by atoms with van der Waals surface area (Å²) in [5, 5.41) is 75.4. The summed E-state index contributed by atoms with van der Waals surface area (Å²) in [5.41, 5.74) is 0. The van der Waals surface area contributed by atoms with Gasteiger partial charge in [-0.25, -0.2) is 0 Å². The fourth-order valence-electron chi connectivity index (χ4n) is 7.01. The van der Waals surface area contributed by atoms with E-state index in [1.165, 1.54) is 116 Å². The lowest BCUT2D eigenvalue weighted by molar-refractivity contribution is -0.303. The van der Waals surface area contributed by atoms with Gasteiger partial charge < -0.3 is 50.5 Å². The minimum Gasteiger partial charge on any atom is -0.394 e. The molecule has 0 aliphatic carbocycles.